The van der Waals surface area contributed by atoms with Crippen molar-refractivity contribution in [1.29, 1.82) is 0 Å². The fourth-order valence-electron chi connectivity index (χ4n) is 1.86. The third kappa shape index (κ3) is 2.64. The van der Waals surface area contributed by atoms with Crippen LogP contribution in [0.5, 0.6) is 0 Å². The minimum atomic E-state index is 0.245. The van der Waals surface area contributed by atoms with E-state index in [1.165, 1.54) is 10.4 Å². The lowest BCUT2D eigenvalue weighted by molar-refractivity contribution is 0.877. The summed E-state index contributed by atoms with van der Waals surface area (Å²) in [6.45, 7) is 8.31. The van der Waals surface area contributed by atoms with Gasteiger partial charge in [0.15, 0.2) is 0 Å². The van der Waals surface area contributed by atoms with Crippen LogP contribution in [0, 0.1) is 20.8 Å². The van der Waals surface area contributed by atoms with Gasteiger partial charge in [-0.15, -0.1) is 11.3 Å². The number of hydrogen-bond acceptors (Lipinski definition) is 4. The van der Waals surface area contributed by atoms with Crippen LogP contribution in [0.4, 0.5) is 5.82 Å². The van der Waals surface area contributed by atoms with Crippen LogP contribution in [0.3, 0.4) is 0 Å². The van der Waals surface area contributed by atoms with E-state index in [-0.39, 0.29) is 6.04 Å². The van der Waals surface area contributed by atoms with Gasteiger partial charge in [0.05, 0.1) is 16.7 Å². The van der Waals surface area contributed by atoms with E-state index < -0.39 is 0 Å². The van der Waals surface area contributed by atoms with Crippen LogP contribution in [-0.4, -0.2) is 9.97 Å². The third-order valence-corrected chi connectivity index (χ3v) is 3.95. The maximum atomic E-state index is 4.45. The monoisotopic (exact) mass is 247 g/mol. The standard InChI is InChI=1S/C13H17N3S/c1-8-6-5-7-14-13(8)16-10(3)12-9(2)15-11(4)17-12/h5-7,10H,1-4H3,(H,14,16). The maximum absolute atomic E-state index is 4.45. The summed E-state index contributed by atoms with van der Waals surface area (Å²) in [4.78, 5) is 10.1. The molecule has 0 spiro atoms. The van der Waals surface area contributed by atoms with E-state index >= 15 is 0 Å². The van der Waals surface area contributed by atoms with Gasteiger partial charge in [-0.1, -0.05) is 6.07 Å². The molecule has 0 aliphatic heterocycles. The van der Waals surface area contributed by atoms with Gasteiger partial charge < -0.3 is 5.32 Å². The first kappa shape index (κ1) is 12.0. The van der Waals surface area contributed by atoms with E-state index in [9.17, 15) is 0 Å². The van der Waals surface area contributed by atoms with Gasteiger partial charge in [0.2, 0.25) is 0 Å². The molecule has 0 radical (unpaired) electrons. The molecule has 2 aromatic rings. The summed E-state index contributed by atoms with van der Waals surface area (Å²) in [5, 5.41) is 4.55. The van der Waals surface area contributed by atoms with Crippen LogP contribution >= 0.6 is 11.3 Å². The van der Waals surface area contributed by atoms with Crippen molar-refractivity contribution in [2.24, 2.45) is 0 Å². The number of nitrogens with zero attached hydrogens (tertiary/aromatic N) is 2. The van der Waals surface area contributed by atoms with E-state index in [4.69, 9.17) is 0 Å². The molecule has 90 valence electrons. The van der Waals surface area contributed by atoms with E-state index in [2.05, 4.69) is 42.1 Å². The van der Waals surface area contributed by atoms with E-state index in [0.29, 0.717) is 0 Å². The van der Waals surface area contributed by atoms with Gasteiger partial charge in [0.25, 0.3) is 0 Å². The Morgan fingerprint density at radius 1 is 1.29 bits per heavy atom. The summed E-state index contributed by atoms with van der Waals surface area (Å²) in [5.74, 6) is 0.949. The molecule has 0 amide bonds. The van der Waals surface area contributed by atoms with E-state index in [0.717, 1.165) is 16.5 Å². The predicted octanol–water partition coefficient (Wildman–Crippen LogP) is 3.64. The highest BCUT2D eigenvalue weighted by Gasteiger charge is 2.13. The summed E-state index contributed by atoms with van der Waals surface area (Å²) in [6, 6.07) is 4.26. The van der Waals surface area contributed by atoms with Crippen LogP contribution in [0.25, 0.3) is 0 Å². The Labute approximate surface area is 106 Å². The molecular weight excluding hydrogens is 230 g/mol. The first-order chi connectivity index (χ1) is 8.08. The van der Waals surface area contributed by atoms with E-state index in [1.807, 2.05) is 19.2 Å². The van der Waals surface area contributed by atoms with Crippen LogP contribution in [0.1, 0.15) is 34.1 Å². The van der Waals surface area contributed by atoms with Crippen molar-refractivity contribution in [2.75, 3.05) is 5.32 Å². The molecule has 4 heteroatoms. The lowest BCUT2D eigenvalue weighted by Crippen LogP contribution is -2.08. The lowest BCUT2D eigenvalue weighted by atomic mass is 10.2. The van der Waals surface area contributed by atoms with Crippen LogP contribution in [0.2, 0.25) is 0 Å². The Bertz CT molecular complexity index is 519. The van der Waals surface area contributed by atoms with Gasteiger partial charge >= 0.3 is 0 Å². The molecule has 17 heavy (non-hydrogen) atoms. The molecular formula is C13H17N3S. The minimum absolute atomic E-state index is 0.245. The molecule has 1 N–H and O–H groups in total. The van der Waals surface area contributed by atoms with Crippen LogP contribution < -0.4 is 5.32 Å². The second-order valence-corrected chi connectivity index (χ2v) is 5.45. The number of pyridine rings is 1. The molecule has 0 aromatic carbocycles. The summed E-state index contributed by atoms with van der Waals surface area (Å²) < 4.78 is 0. The van der Waals surface area contributed by atoms with Crippen molar-refractivity contribution in [3.8, 4) is 0 Å². The zero-order valence-electron chi connectivity index (χ0n) is 10.6. The first-order valence-corrected chi connectivity index (χ1v) is 6.51. The SMILES string of the molecule is Cc1nc(C)c(C(C)Nc2ncccc2C)s1. The van der Waals surface area contributed by atoms with Crippen molar-refractivity contribution in [3.63, 3.8) is 0 Å². The van der Waals surface area contributed by atoms with Crippen molar-refractivity contribution >= 4 is 17.2 Å². The first-order valence-electron chi connectivity index (χ1n) is 5.70. The number of hydrogen-bond donors (Lipinski definition) is 1. The van der Waals surface area contributed by atoms with Gasteiger partial charge in [-0.05, 0) is 39.3 Å². The molecule has 0 saturated carbocycles. The fraction of sp³-hybridized carbons (Fsp3) is 0.385. The van der Waals surface area contributed by atoms with Gasteiger partial charge in [-0.2, -0.15) is 0 Å². The normalized spacial score (nSPS) is 12.5. The molecule has 0 fully saturated rings. The van der Waals surface area contributed by atoms with Gasteiger partial charge in [-0.25, -0.2) is 9.97 Å². The average molecular weight is 247 g/mol. The number of aryl methyl sites for hydroxylation is 3. The average Bonchev–Trinajstić information content (AvgIpc) is 2.61. The molecule has 1 unspecified atom stereocenters. The molecule has 0 bridgehead atoms. The summed E-state index contributed by atoms with van der Waals surface area (Å²) in [6.07, 6.45) is 1.81. The quantitative estimate of drug-likeness (QED) is 0.900. The minimum Gasteiger partial charge on any atom is -0.362 e. The highest BCUT2D eigenvalue weighted by atomic mass is 32.1. The highest BCUT2D eigenvalue weighted by Crippen LogP contribution is 2.27. The van der Waals surface area contributed by atoms with Gasteiger partial charge in [-0.3, -0.25) is 0 Å². The second kappa shape index (κ2) is 4.84. The van der Waals surface area contributed by atoms with Gasteiger partial charge in [0.1, 0.15) is 5.82 Å². The smallest absolute Gasteiger partial charge is 0.129 e. The number of thiazole rings is 1. The number of anilines is 1. The zero-order chi connectivity index (χ0) is 12.4. The highest BCUT2D eigenvalue weighted by molar-refractivity contribution is 7.11. The molecule has 0 saturated heterocycles. The second-order valence-electron chi connectivity index (χ2n) is 4.22. The van der Waals surface area contributed by atoms with Crippen molar-refractivity contribution < 1.29 is 0 Å². The number of rotatable bonds is 3. The molecule has 2 aromatic heterocycles. The third-order valence-electron chi connectivity index (χ3n) is 2.70. The molecule has 0 aliphatic rings. The van der Waals surface area contributed by atoms with Crippen LogP contribution in [0.15, 0.2) is 18.3 Å². The molecule has 2 rings (SSSR count). The largest absolute Gasteiger partial charge is 0.362 e. The summed E-state index contributed by atoms with van der Waals surface area (Å²) in [7, 11) is 0. The Morgan fingerprint density at radius 3 is 2.65 bits per heavy atom. The Hall–Kier alpha value is -1.42. The predicted molar refractivity (Wildman–Crippen MR) is 72.6 cm³/mol. The summed E-state index contributed by atoms with van der Waals surface area (Å²) >= 11 is 1.75. The molecule has 2 heterocycles. The fourth-order valence-corrected chi connectivity index (χ4v) is 2.79. The zero-order valence-corrected chi connectivity index (χ0v) is 11.4. The number of nitrogens with one attached hydrogen (secondary N) is 1. The van der Waals surface area contributed by atoms with Crippen molar-refractivity contribution in [1.82, 2.24) is 9.97 Å². The van der Waals surface area contributed by atoms with E-state index in [1.54, 1.807) is 11.3 Å². The Morgan fingerprint density at radius 2 is 2.06 bits per heavy atom. The molecule has 0 aliphatic carbocycles. The molecule has 3 nitrogen and oxygen atoms in total. The summed E-state index contributed by atoms with van der Waals surface area (Å²) in [5.41, 5.74) is 2.28. The lowest BCUT2D eigenvalue weighted by Gasteiger charge is -2.15. The Kier molecular flexibility index (Phi) is 3.43. The topological polar surface area (TPSA) is 37.8 Å². The van der Waals surface area contributed by atoms with Crippen molar-refractivity contribution in [2.45, 2.75) is 33.7 Å². The Balaban J connectivity index is 2.20. The van der Waals surface area contributed by atoms with Crippen molar-refractivity contribution in [3.05, 3.63) is 39.5 Å². The van der Waals surface area contributed by atoms with Crippen LogP contribution in [-0.2, 0) is 0 Å². The van der Waals surface area contributed by atoms with Gasteiger partial charge in [0, 0.05) is 11.1 Å². The molecule has 1 atom stereocenters. The number of aromatic nitrogens is 2. The maximum Gasteiger partial charge on any atom is 0.129 e.